The SMILES string of the molecule is C1CCC2(CC1)CN(CC1CCSC1)CCN2. The summed E-state index contributed by atoms with van der Waals surface area (Å²) in [5.74, 6) is 3.80. The Bertz CT molecular complexity index is 239. The summed E-state index contributed by atoms with van der Waals surface area (Å²) >= 11 is 2.16. The standard InChI is InChI=1S/C14H26N2S/c1-2-5-14(6-3-1)12-16(8-7-15-14)10-13-4-9-17-11-13/h13,15H,1-12H2. The Morgan fingerprint density at radius 1 is 1.24 bits per heavy atom. The minimum atomic E-state index is 0.502. The number of nitrogens with one attached hydrogen (secondary N) is 1. The van der Waals surface area contributed by atoms with E-state index in [0.717, 1.165) is 5.92 Å². The first-order chi connectivity index (χ1) is 8.36. The van der Waals surface area contributed by atoms with Crippen molar-refractivity contribution in [2.45, 2.75) is 44.1 Å². The molecule has 1 spiro atoms. The highest BCUT2D eigenvalue weighted by Crippen LogP contribution is 2.32. The highest BCUT2D eigenvalue weighted by atomic mass is 32.2. The lowest BCUT2D eigenvalue weighted by molar-refractivity contribution is 0.0900. The summed E-state index contributed by atoms with van der Waals surface area (Å²) in [6, 6.07) is 0. The lowest BCUT2D eigenvalue weighted by Crippen LogP contribution is -2.61. The van der Waals surface area contributed by atoms with Crippen molar-refractivity contribution < 1.29 is 0 Å². The minimum Gasteiger partial charge on any atom is -0.309 e. The van der Waals surface area contributed by atoms with Gasteiger partial charge in [-0.2, -0.15) is 11.8 Å². The fourth-order valence-electron chi connectivity index (χ4n) is 3.85. The molecule has 17 heavy (non-hydrogen) atoms. The van der Waals surface area contributed by atoms with Crippen LogP contribution in [-0.4, -0.2) is 48.1 Å². The first-order valence-corrected chi connectivity index (χ1v) is 8.57. The first-order valence-electron chi connectivity index (χ1n) is 7.41. The van der Waals surface area contributed by atoms with E-state index in [1.807, 2.05) is 0 Å². The molecule has 2 heterocycles. The molecule has 1 aliphatic carbocycles. The maximum atomic E-state index is 3.84. The Kier molecular flexibility index (Phi) is 3.98. The van der Waals surface area contributed by atoms with Gasteiger partial charge in [-0.05, 0) is 36.7 Å². The van der Waals surface area contributed by atoms with Crippen LogP contribution in [0.3, 0.4) is 0 Å². The molecular formula is C14H26N2S. The molecule has 98 valence electrons. The van der Waals surface area contributed by atoms with Gasteiger partial charge in [-0.15, -0.1) is 0 Å². The third-order valence-electron chi connectivity index (χ3n) is 4.81. The van der Waals surface area contributed by atoms with Crippen LogP contribution < -0.4 is 5.32 Å². The van der Waals surface area contributed by atoms with Crippen molar-refractivity contribution >= 4 is 11.8 Å². The Hall–Kier alpha value is 0.270. The van der Waals surface area contributed by atoms with E-state index in [0.29, 0.717) is 5.54 Å². The molecule has 3 aliphatic rings. The molecule has 3 fully saturated rings. The van der Waals surface area contributed by atoms with Crippen LogP contribution in [0.25, 0.3) is 0 Å². The quantitative estimate of drug-likeness (QED) is 0.814. The number of hydrogen-bond acceptors (Lipinski definition) is 3. The van der Waals surface area contributed by atoms with Crippen molar-refractivity contribution in [2.75, 3.05) is 37.7 Å². The van der Waals surface area contributed by atoms with Gasteiger partial charge in [-0.1, -0.05) is 19.3 Å². The highest BCUT2D eigenvalue weighted by molar-refractivity contribution is 7.99. The van der Waals surface area contributed by atoms with E-state index in [9.17, 15) is 0 Å². The van der Waals surface area contributed by atoms with Gasteiger partial charge < -0.3 is 5.32 Å². The smallest absolute Gasteiger partial charge is 0.0309 e. The molecule has 0 bridgehead atoms. The van der Waals surface area contributed by atoms with Crippen molar-refractivity contribution in [3.05, 3.63) is 0 Å². The second kappa shape index (κ2) is 5.50. The molecule has 0 aromatic heterocycles. The number of nitrogens with zero attached hydrogens (tertiary/aromatic N) is 1. The Balaban J connectivity index is 1.55. The van der Waals surface area contributed by atoms with E-state index < -0.39 is 0 Å². The van der Waals surface area contributed by atoms with Crippen LogP contribution in [0.5, 0.6) is 0 Å². The summed E-state index contributed by atoms with van der Waals surface area (Å²) in [7, 11) is 0. The van der Waals surface area contributed by atoms with Crippen LogP contribution in [0.1, 0.15) is 38.5 Å². The van der Waals surface area contributed by atoms with Crippen molar-refractivity contribution in [3.63, 3.8) is 0 Å². The zero-order chi connectivity index (χ0) is 11.6. The molecule has 1 saturated carbocycles. The van der Waals surface area contributed by atoms with Gasteiger partial charge in [-0.25, -0.2) is 0 Å². The number of piperazine rings is 1. The van der Waals surface area contributed by atoms with Crippen LogP contribution in [0.15, 0.2) is 0 Å². The normalized spacial score (nSPS) is 34.2. The van der Waals surface area contributed by atoms with Crippen LogP contribution >= 0.6 is 11.8 Å². The summed E-state index contributed by atoms with van der Waals surface area (Å²) < 4.78 is 0. The monoisotopic (exact) mass is 254 g/mol. The third-order valence-corrected chi connectivity index (χ3v) is 6.04. The van der Waals surface area contributed by atoms with E-state index in [-0.39, 0.29) is 0 Å². The highest BCUT2D eigenvalue weighted by Gasteiger charge is 2.36. The van der Waals surface area contributed by atoms with Gasteiger partial charge in [0.05, 0.1) is 0 Å². The average Bonchev–Trinajstić information content (AvgIpc) is 2.83. The summed E-state index contributed by atoms with van der Waals surface area (Å²) in [5.41, 5.74) is 0.502. The zero-order valence-corrected chi connectivity index (χ0v) is 11.7. The largest absolute Gasteiger partial charge is 0.309 e. The lowest BCUT2D eigenvalue weighted by Gasteiger charge is -2.46. The van der Waals surface area contributed by atoms with Crippen molar-refractivity contribution in [1.82, 2.24) is 10.2 Å². The predicted molar refractivity (Wildman–Crippen MR) is 75.7 cm³/mol. The van der Waals surface area contributed by atoms with E-state index in [4.69, 9.17) is 0 Å². The molecular weight excluding hydrogens is 228 g/mol. The first kappa shape index (κ1) is 12.3. The summed E-state index contributed by atoms with van der Waals surface area (Å²) in [6.07, 6.45) is 8.65. The molecule has 1 unspecified atom stereocenters. The molecule has 0 aromatic rings. The van der Waals surface area contributed by atoms with Gasteiger partial charge in [0, 0.05) is 31.7 Å². The molecule has 0 amide bonds. The van der Waals surface area contributed by atoms with Crippen molar-refractivity contribution in [2.24, 2.45) is 5.92 Å². The molecule has 1 atom stereocenters. The molecule has 2 saturated heterocycles. The molecule has 1 N–H and O–H groups in total. The zero-order valence-electron chi connectivity index (χ0n) is 10.9. The van der Waals surface area contributed by atoms with Crippen LogP contribution in [0, 0.1) is 5.92 Å². The number of thioether (sulfide) groups is 1. The van der Waals surface area contributed by atoms with Gasteiger partial charge >= 0.3 is 0 Å². The van der Waals surface area contributed by atoms with Gasteiger partial charge in [0.1, 0.15) is 0 Å². The summed E-state index contributed by atoms with van der Waals surface area (Å²) in [5, 5.41) is 3.84. The van der Waals surface area contributed by atoms with Crippen LogP contribution in [-0.2, 0) is 0 Å². The fourth-order valence-corrected chi connectivity index (χ4v) is 5.13. The maximum Gasteiger partial charge on any atom is 0.0309 e. The third kappa shape index (κ3) is 2.99. The lowest BCUT2D eigenvalue weighted by atomic mass is 9.80. The second-order valence-electron chi connectivity index (χ2n) is 6.23. The van der Waals surface area contributed by atoms with Gasteiger partial charge in [0.25, 0.3) is 0 Å². The van der Waals surface area contributed by atoms with E-state index in [1.54, 1.807) is 0 Å². The van der Waals surface area contributed by atoms with Crippen molar-refractivity contribution in [3.8, 4) is 0 Å². The van der Waals surface area contributed by atoms with E-state index in [1.165, 1.54) is 76.2 Å². The molecule has 3 rings (SSSR count). The minimum absolute atomic E-state index is 0.502. The molecule has 0 radical (unpaired) electrons. The van der Waals surface area contributed by atoms with Crippen LogP contribution in [0.4, 0.5) is 0 Å². The fraction of sp³-hybridized carbons (Fsp3) is 1.00. The predicted octanol–water partition coefficient (Wildman–Crippen LogP) is 2.35. The molecule has 2 nitrogen and oxygen atoms in total. The van der Waals surface area contributed by atoms with E-state index >= 15 is 0 Å². The number of hydrogen-bond donors (Lipinski definition) is 1. The topological polar surface area (TPSA) is 15.3 Å². The van der Waals surface area contributed by atoms with Crippen molar-refractivity contribution in [1.29, 1.82) is 0 Å². The Morgan fingerprint density at radius 2 is 2.12 bits per heavy atom. The molecule has 0 aromatic carbocycles. The average molecular weight is 254 g/mol. The molecule has 3 heteroatoms. The maximum absolute atomic E-state index is 3.84. The number of rotatable bonds is 2. The second-order valence-corrected chi connectivity index (χ2v) is 7.38. The summed E-state index contributed by atoms with van der Waals surface area (Å²) in [4.78, 5) is 2.76. The Labute approximate surface area is 110 Å². The van der Waals surface area contributed by atoms with Gasteiger partial charge in [0.2, 0.25) is 0 Å². The molecule has 2 aliphatic heterocycles. The van der Waals surface area contributed by atoms with Gasteiger partial charge in [0.15, 0.2) is 0 Å². The van der Waals surface area contributed by atoms with Gasteiger partial charge in [-0.3, -0.25) is 4.90 Å². The Morgan fingerprint density at radius 3 is 2.88 bits per heavy atom. The van der Waals surface area contributed by atoms with E-state index in [2.05, 4.69) is 22.0 Å². The summed E-state index contributed by atoms with van der Waals surface area (Å²) in [6.45, 7) is 5.20. The van der Waals surface area contributed by atoms with Crippen LogP contribution in [0.2, 0.25) is 0 Å².